The van der Waals surface area contributed by atoms with Gasteiger partial charge in [-0.2, -0.15) is 0 Å². The molecule has 0 bridgehead atoms. The van der Waals surface area contributed by atoms with Gasteiger partial charge in [0.15, 0.2) is 0 Å². The molecule has 0 saturated heterocycles. The van der Waals surface area contributed by atoms with Crippen LogP contribution in [0.15, 0.2) is 53.0 Å². The van der Waals surface area contributed by atoms with Gasteiger partial charge < -0.3 is 10.1 Å². The first-order valence-corrected chi connectivity index (χ1v) is 8.28. The summed E-state index contributed by atoms with van der Waals surface area (Å²) in [5.74, 6) is 0.710. The van der Waals surface area contributed by atoms with E-state index < -0.39 is 0 Å². The molecule has 2 aromatic carbocycles. The third-order valence-corrected chi connectivity index (χ3v) is 3.76. The number of anilines is 1. The van der Waals surface area contributed by atoms with Crippen LogP contribution in [-0.2, 0) is 0 Å². The first kappa shape index (κ1) is 16.6. The summed E-state index contributed by atoms with van der Waals surface area (Å²) >= 11 is 3.35. The minimum absolute atomic E-state index is 0.121. The summed E-state index contributed by atoms with van der Waals surface area (Å²) < 4.78 is 6.60. The molecular formula is C18H20BrNO2. The molecule has 0 atom stereocenters. The van der Waals surface area contributed by atoms with Crippen LogP contribution in [-0.4, -0.2) is 12.5 Å². The topological polar surface area (TPSA) is 38.3 Å². The lowest BCUT2D eigenvalue weighted by molar-refractivity contribution is 0.102. The summed E-state index contributed by atoms with van der Waals surface area (Å²) in [6, 6.07) is 14.7. The van der Waals surface area contributed by atoms with Gasteiger partial charge in [0.1, 0.15) is 5.75 Å². The highest BCUT2D eigenvalue weighted by atomic mass is 79.9. The van der Waals surface area contributed by atoms with Crippen molar-refractivity contribution in [3.63, 3.8) is 0 Å². The smallest absolute Gasteiger partial charge is 0.255 e. The molecule has 2 rings (SSSR count). The van der Waals surface area contributed by atoms with Crippen molar-refractivity contribution in [2.24, 2.45) is 0 Å². The second-order valence-electron chi connectivity index (χ2n) is 5.04. The quantitative estimate of drug-likeness (QED) is 0.682. The molecule has 0 aromatic heterocycles. The Labute approximate surface area is 139 Å². The fraction of sp³-hybridized carbons (Fsp3) is 0.278. The Balaban J connectivity index is 1.88. The van der Waals surface area contributed by atoms with Crippen molar-refractivity contribution >= 4 is 27.5 Å². The predicted molar refractivity (Wildman–Crippen MR) is 93.6 cm³/mol. The molecule has 1 amide bonds. The highest BCUT2D eigenvalue weighted by Gasteiger charge is 2.05. The minimum Gasteiger partial charge on any atom is -0.494 e. The number of ether oxygens (including phenoxy) is 1. The second kappa shape index (κ2) is 8.59. The lowest BCUT2D eigenvalue weighted by Gasteiger charge is -2.08. The highest BCUT2D eigenvalue weighted by Crippen LogP contribution is 2.17. The van der Waals surface area contributed by atoms with Crippen LogP contribution in [0.3, 0.4) is 0 Å². The van der Waals surface area contributed by atoms with Crippen LogP contribution in [0.1, 0.15) is 36.5 Å². The largest absolute Gasteiger partial charge is 0.494 e. The third-order valence-electron chi connectivity index (χ3n) is 3.24. The maximum absolute atomic E-state index is 12.1. The molecular weight excluding hydrogens is 342 g/mol. The van der Waals surface area contributed by atoms with Gasteiger partial charge in [-0.3, -0.25) is 4.79 Å². The normalized spacial score (nSPS) is 10.3. The van der Waals surface area contributed by atoms with Crippen molar-refractivity contribution in [2.45, 2.75) is 26.2 Å². The Morgan fingerprint density at radius 1 is 1.05 bits per heavy atom. The standard InChI is InChI=1S/C18H20BrNO2/c1-2-3-4-13-22-17-11-9-16(10-12-17)20-18(21)14-5-7-15(19)8-6-14/h5-12H,2-4,13H2,1H3,(H,20,21). The van der Waals surface area contributed by atoms with Crippen LogP contribution in [0.4, 0.5) is 5.69 Å². The number of amides is 1. The molecule has 0 fully saturated rings. The fourth-order valence-electron chi connectivity index (χ4n) is 1.98. The Morgan fingerprint density at radius 3 is 2.36 bits per heavy atom. The highest BCUT2D eigenvalue weighted by molar-refractivity contribution is 9.10. The van der Waals surface area contributed by atoms with Crippen molar-refractivity contribution in [3.8, 4) is 5.75 Å². The molecule has 3 nitrogen and oxygen atoms in total. The molecule has 0 aliphatic rings. The van der Waals surface area contributed by atoms with Crippen molar-refractivity contribution in [1.29, 1.82) is 0 Å². The van der Waals surface area contributed by atoms with E-state index in [-0.39, 0.29) is 5.91 Å². The van der Waals surface area contributed by atoms with E-state index in [0.29, 0.717) is 5.56 Å². The first-order chi connectivity index (χ1) is 10.7. The number of carbonyl (C=O) groups excluding carboxylic acids is 1. The Kier molecular flexibility index (Phi) is 6.46. The molecule has 1 N–H and O–H groups in total. The van der Waals surface area contributed by atoms with E-state index in [2.05, 4.69) is 28.2 Å². The van der Waals surface area contributed by atoms with Gasteiger partial charge in [-0.25, -0.2) is 0 Å². The number of unbranched alkanes of at least 4 members (excludes halogenated alkanes) is 2. The molecule has 4 heteroatoms. The van der Waals surface area contributed by atoms with Gasteiger partial charge >= 0.3 is 0 Å². The van der Waals surface area contributed by atoms with Crippen LogP contribution in [0.25, 0.3) is 0 Å². The number of rotatable bonds is 7. The van der Waals surface area contributed by atoms with E-state index in [4.69, 9.17) is 4.74 Å². The van der Waals surface area contributed by atoms with E-state index in [1.807, 2.05) is 36.4 Å². The maximum Gasteiger partial charge on any atom is 0.255 e. The third kappa shape index (κ3) is 5.19. The Hall–Kier alpha value is -1.81. The summed E-state index contributed by atoms with van der Waals surface area (Å²) in [4.78, 5) is 12.1. The summed E-state index contributed by atoms with van der Waals surface area (Å²) in [6.07, 6.45) is 3.43. The molecule has 22 heavy (non-hydrogen) atoms. The zero-order chi connectivity index (χ0) is 15.8. The summed E-state index contributed by atoms with van der Waals surface area (Å²) in [5, 5.41) is 2.87. The molecule has 0 radical (unpaired) electrons. The van der Waals surface area contributed by atoms with Crippen molar-refractivity contribution in [2.75, 3.05) is 11.9 Å². The van der Waals surface area contributed by atoms with Crippen LogP contribution in [0.5, 0.6) is 5.75 Å². The van der Waals surface area contributed by atoms with Gasteiger partial charge in [0, 0.05) is 15.7 Å². The summed E-state index contributed by atoms with van der Waals surface area (Å²) in [5.41, 5.74) is 1.39. The molecule has 0 saturated carbocycles. The van der Waals surface area contributed by atoms with Gasteiger partial charge in [-0.15, -0.1) is 0 Å². The van der Waals surface area contributed by atoms with Crippen LogP contribution >= 0.6 is 15.9 Å². The number of hydrogen-bond donors (Lipinski definition) is 1. The van der Waals surface area contributed by atoms with Gasteiger partial charge in [0.05, 0.1) is 6.61 Å². The molecule has 0 unspecified atom stereocenters. The van der Waals surface area contributed by atoms with Crippen LogP contribution in [0, 0.1) is 0 Å². The number of benzene rings is 2. The van der Waals surface area contributed by atoms with E-state index in [9.17, 15) is 4.79 Å². The van der Waals surface area contributed by atoms with E-state index in [1.54, 1.807) is 12.1 Å². The lowest BCUT2D eigenvalue weighted by Crippen LogP contribution is -2.11. The summed E-state index contributed by atoms with van der Waals surface area (Å²) in [6.45, 7) is 2.90. The molecule has 0 spiro atoms. The predicted octanol–water partition coefficient (Wildman–Crippen LogP) is 5.27. The first-order valence-electron chi connectivity index (χ1n) is 7.49. The van der Waals surface area contributed by atoms with E-state index in [1.165, 1.54) is 12.8 Å². The zero-order valence-corrected chi connectivity index (χ0v) is 14.2. The Bertz CT molecular complexity index is 593. The van der Waals surface area contributed by atoms with Gasteiger partial charge in [0.2, 0.25) is 0 Å². The zero-order valence-electron chi connectivity index (χ0n) is 12.6. The lowest BCUT2D eigenvalue weighted by atomic mass is 10.2. The number of hydrogen-bond acceptors (Lipinski definition) is 2. The SMILES string of the molecule is CCCCCOc1ccc(NC(=O)c2ccc(Br)cc2)cc1. The maximum atomic E-state index is 12.1. The van der Waals surface area contributed by atoms with E-state index >= 15 is 0 Å². The van der Waals surface area contributed by atoms with Crippen LogP contribution < -0.4 is 10.1 Å². The van der Waals surface area contributed by atoms with Gasteiger partial charge in [-0.1, -0.05) is 35.7 Å². The van der Waals surface area contributed by atoms with E-state index in [0.717, 1.165) is 28.9 Å². The molecule has 0 aliphatic heterocycles. The van der Waals surface area contributed by atoms with Gasteiger partial charge in [-0.05, 0) is 55.0 Å². The monoisotopic (exact) mass is 361 g/mol. The number of nitrogens with one attached hydrogen (secondary N) is 1. The minimum atomic E-state index is -0.121. The summed E-state index contributed by atoms with van der Waals surface area (Å²) in [7, 11) is 0. The van der Waals surface area contributed by atoms with Crippen molar-refractivity contribution in [1.82, 2.24) is 0 Å². The number of halogens is 1. The average molecular weight is 362 g/mol. The Morgan fingerprint density at radius 2 is 1.73 bits per heavy atom. The van der Waals surface area contributed by atoms with Crippen molar-refractivity contribution < 1.29 is 9.53 Å². The van der Waals surface area contributed by atoms with Gasteiger partial charge in [0.25, 0.3) is 5.91 Å². The second-order valence-corrected chi connectivity index (χ2v) is 5.96. The molecule has 0 heterocycles. The molecule has 2 aromatic rings. The fourth-order valence-corrected chi connectivity index (χ4v) is 2.25. The molecule has 0 aliphatic carbocycles. The average Bonchev–Trinajstić information content (AvgIpc) is 2.54. The van der Waals surface area contributed by atoms with Crippen LogP contribution in [0.2, 0.25) is 0 Å². The molecule has 116 valence electrons. The number of carbonyl (C=O) groups is 1. The van der Waals surface area contributed by atoms with Crippen molar-refractivity contribution in [3.05, 3.63) is 58.6 Å².